The van der Waals surface area contributed by atoms with Crippen molar-refractivity contribution in [1.82, 2.24) is 0 Å². The summed E-state index contributed by atoms with van der Waals surface area (Å²) in [5.41, 5.74) is 6.37. The van der Waals surface area contributed by atoms with Crippen molar-refractivity contribution in [2.45, 2.75) is 45.6 Å². The van der Waals surface area contributed by atoms with E-state index in [1.807, 2.05) is 6.07 Å². The average Bonchev–Trinajstić information content (AvgIpc) is 2.43. The molecule has 1 nitrogen and oxygen atoms in total. The van der Waals surface area contributed by atoms with Crippen molar-refractivity contribution in [3.05, 3.63) is 69.8 Å². The maximum Gasteiger partial charge on any atom is 0.115 e. The highest BCUT2D eigenvalue weighted by atomic mass is 16.3. The highest BCUT2D eigenvalue weighted by molar-refractivity contribution is 5.48. The molecule has 2 aromatic carbocycles. The van der Waals surface area contributed by atoms with E-state index in [1.165, 1.54) is 22.3 Å². The predicted octanol–water partition coefficient (Wildman–Crippen LogP) is 4.18. The molecule has 0 amide bonds. The fourth-order valence-corrected chi connectivity index (χ4v) is 3.50. The van der Waals surface area contributed by atoms with Gasteiger partial charge in [-0.25, -0.2) is 0 Å². The number of fused-ring (bicyclic) bond motifs is 1. The van der Waals surface area contributed by atoms with Gasteiger partial charge >= 0.3 is 0 Å². The van der Waals surface area contributed by atoms with Crippen molar-refractivity contribution in [2.24, 2.45) is 0 Å². The lowest BCUT2D eigenvalue weighted by molar-refractivity contribution is 0.0609. The van der Waals surface area contributed by atoms with Gasteiger partial charge in [0, 0.05) is 0 Å². The fourth-order valence-electron chi connectivity index (χ4n) is 3.50. The van der Waals surface area contributed by atoms with Gasteiger partial charge in [-0.2, -0.15) is 0 Å². The Labute approximate surface area is 121 Å². The zero-order valence-electron chi connectivity index (χ0n) is 12.5. The summed E-state index contributed by atoms with van der Waals surface area (Å²) >= 11 is 0. The molecular weight excluding hydrogens is 244 g/mol. The maximum absolute atomic E-state index is 11.4. The van der Waals surface area contributed by atoms with Crippen LogP contribution < -0.4 is 0 Å². The van der Waals surface area contributed by atoms with Crippen molar-refractivity contribution in [3.8, 4) is 0 Å². The van der Waals surface area contributed by atoms with Crippen LogP contribution in [0.4, 0.5) is 0 Å². The highest BCUT2D eigenvalue weighted by Crippen LogP contribution is 2.42. The lowest BCUT2D eigenvalue weighted by Crippen LogP contribution is -2.32. The zero-order valence-corrected chi connectivity index (χ0v) is 12.5. The van der Waals surface area contributed by atoms with E-state index < -0.39 is 5.60 Å². The summed E-state index contributed by atoms with van der Waals surface area (Å²) in [6, 6.07) is 12.7. The summed E-state index contributed by atoms with van der Waals surface area (Å²) in [6.07, 6.45) is 2.93. The van der Waals surface area contributed by atoms with Crippen molar-refractivity contribution in [1.29, 1.82) is 0 Å². The van der Waals surface area contributed by atoms with Gasteiger partial charge in [-0.3, -0.25) is 0 Å². The molecule has 0 aromatic heterocycles. The molecule has 0 heterocycles. The Bertz CT molecular complexity index is 657. The second-order valence-electron chi connectivity index (χ2n) is 6.12. The van der Waals surface area contributed by atoms with Crippen LogP contribution in [0.15, 0.2) is 36.4 Å². The Balaban J connectivity index is 2.22. The van der Waals surface area contributed by atoms with Crippen molar-refractivity contribution < 1.29 is 5.11 Å². The normalized spacial score (nSPS) is 21.6. The minimum Gasteiger partial charge on any atom is -0.380 e. The van der Waals surface area contributed by atoms with E-state index >= 15 is 0 Å². The van der Waals surface area contributed by atoms with Crippen molar-refractivity contribution in [2.75, 3.05) is 0 Å². The first kappa shape index (κ1) is 13.4. The van der Waals surface area contributed by atoms with Gasteiger partial charge in [0.1, 0.15) is 5.60 Å². The third-order valence-corrected chi connectivity index (χ3v) is 4.73. The first-order valence-electron chi connectivity index (χ1n) is 7.41. The quantitative estimate of drug-likeness (QED) is 0.820. The molecule has 0 radical (unpaired) electrons. The van der Waals surface area contributed by atoms with Crippen LogP contribution in [-0.2, 0) is 12.0 Å². The second kappa shape index (κ2) is 4.75. The molecule has 104 valence electrons. The summed E-state index contributed by atoms with van der Waals surface area (Å²) in [6.45, 7) is 6.36. The smallest absolute Gasteiger partial charge is 0.115 e. The van der Waals surface area contributed by atoms with Crippen LogP contribution in [0.5, 0.6) is 0 Å². The Morgan fingerprint density at radius 3 is 2.40 bits per heavy atom. The molecule has 1 aliphatic rings. The minimum atomic E-state index is -0.822. The molecule has 0 fully saturated rings. The van der Waals surface area contributed by atoms with Crippen LogP contribution in [0.2, 0.25) is 0 Å². The Morgan fingerprint density at radius 2 is 1.60 bits per heavy atom. The van der Waals surface area contributed by atoms with Gasteiger partial charge in [0.2, 0.25) is 0 Å². The molecule has 0 bridgehead atoms. The van der Waals surface area contributed by atoms with Crippen molar-refractivity contribution in [3.63, 3.8) is 0 Å². The third kappa shape index (κ3) is 1.97. The Hall–Kier alpha value is -1.60. The molecule has 20 heavy (non-hydrogen) atoms. The van der Waals surface area contributed by atoms with E-state index in [1.54, 1.807) is 0 Å². The SMILES string of the molecule is Cc1cc(C)c(C2(O)CCCc3ccccc32)cc1C. The van der Waals surface area contributed by atoms with Crippen LogP contribution in [-0.4, -0.2) is 5.11 Å². The second-order valence-corrected chi connectivity index (χ2v) is 6.12. The van der Waals surface area contributed by atoms with Gasteiger partial charge in [-0.05, 0) is 73.4 Å². The minimum absolute atomic E-state index is 0.813. The molecule has 0 saturated carbocycles. The van der Waals surface area contributed by atoms with E-state index in [-0.39, 0.29) is 0 Å². The Morgan fingerprint density at radius 1 is 0.900 bits per heavy atom. The van der Waals surface area contributed by atoms with E-state index in [2.05, 4.69) is 51.1 Å². The molecule has 1 aliphatic carbocycles. The van der Waals surface area contributed by atoms with Crippen LogP contribution in [0, 0.1) is 20.8 Å². The molecule has 0 aliphatic heterocycles. The van der Waals surface area contributed by atoms with Gasteiger partial charge < -0.3 is 5.11 Å². The van der Waals surface area contributed by atoms with Gasteiger partial charge in [-0.15, -0.1) is 0 Å². The number of aryl methyl sites for hydroxylation is 4. The molecule has 1 unspecified atom stereocenters. The number of rotatable bonds is 1. The van der Waals surface area contributed by atoms with Crippen LogP contribution >= 0.6 is 0 Å². The van der Waals surface area contributed by atoms with Crippen LogP contribution in [0.25, 0.3) is 0 Å². The zero-order chi connectivity index (χ0) is 14.3. The monoisotopic (exact) mass is 266 g/mol. The number of hydrogen-bond acceptors (Lipinski definition) is 1. The molecule has 0 spiro atoms. The lowest BCUT2D eigenvalue weighted by atomic mass is 9.73. The lowest BCUT2D eigenvalue weighted by Gasteiger charge is -2.36. The van der Waals surface area contributed by atoms with Crippen LogP contribution in [0.1, 0.15) is 46.2 Å². The summed E-state index contributed by atoms with van der Waals surface area (Å²) in [5, 5.41) is 11.4. The standard InChI is InChI=1S/C19H22O/c1-13-11-15(3)18(12-14(13)2)19(20)10-6-8-16-7-4-5-9-17(16)19/h4-5,7,9,11-12,20H,6,8,10H2,1-3H3. The van der Waals surface area contributed by atoms with Gasteiger partial charge in [0.25, 0.3) is 0 Å². The number of benzene rings is 2. The highest BCUT2D eigenvalue weighted by Gasteiger charge is 2.37. The topological polar surface area (TPSA) is 20.2 Å². The van der Waals surface area contributed by atoms with E-state index in [0.717, 1.165) is 30.4 Å². The maximum atomic E-state index is 11.4. The van der Waals surface area contributed by atoms with E-state index in [4.69, 9.17) is 0 Å². The third-order valence-electron chi connectivity index (χ3n) is 4.73. The summed E-state index contributed by atoms with van der Waals surface area (Å²) < 4.78 is 0. The van der Waals surface area contributed by atoms with Crippen molar-refractivity contribution >= 4 is 0 Å². The first-order chi connectivity index (χ1) is 9.52. The molecular formula is C19H22O. The fraction of sp³-hybridized carbons (Fsp3) is 0.368. The Kier molecular flexibility index (Phi) is 3.18. The summed E-state index contributed by atoms with van der Waals surface area (Å²) in [7, 11) is 0. The number of aliphatic hydroxyl groups is 1. The molecule has 2 aromatic rings. The first-order valence-corrected chi connectivity index (χ1v) is 7.41. The number of hydrogen-bond donors (Lipinski definition) is 1. The molecule has 1 atom stereocenters. The van der Waals surface area contributed by atoms with E-state index in [9.17, 15) is 5.11 Å². The van der Waals surface area contributed by atoms with Gasteiger partial charge in [0.05, 0.1) is 0 Å². The molecule has 3 rings (SSSR count). The average molecular weight is 266 g/mol. The summed E-state index contributed by atoms with van der Waals surface area (Å²) in [5.74, 6) is 0. The molecule has 1 heteroatoms. The molecule has 0 saturated heterocycles. The van der Waals surface area contributed by atoms with Gasteiger partial charge in [-0.1, -0.05) is 36.4 Å². The predicted molar refractivity (Wildman–Crippen MR) is 83.0 cm³/mol. The largest absolute Gasteiger partial charge is 0.380 e. The summed E-state index contributed by atoms with van der Waals surface area (Å²) in [4.78, 5) is 0. The van der Waals surface area contributed by atoms with Gasteiger partial charge in [0.15, 0.2) is 0 Å². The van der Waals surface area contributed by atoms with Crippen LogP contribution in [0.3, 0.4) is 0 Å². The van der Waals surface area contributed by atoms with E-state index in [0.29, 0.717) is 0 Å². The molecule has 1 N–H and O–H groups in total.